The molecule has 5 nitrogen and oxygen atoms in total. The molecule has 2 aromatic rings. The average Bonchev–Trinajstić information content (AvgIpc) is 2.76. The van der Waals surface area contributed by atoms with Gasteiger partial charge in [0.1, 0.15) is 11.8 Å². The van der Waals surface area contributed by atoms with E-state index in [9.17, 15) is 9.59 Å². The summed E-state index contributed by atoms with van der Waals surface area (Å²) in [5, 5.41) is 3.52. The van der Waals surface area contributed by atoms with Crippen LogP contribution in [0.25, 0.3) is 0 Å². The molecule has 0 saturated heterocycles. The van der Waals surface area contributed by atoms with E-state index in [2.05, 4.69) is 5.32 Å². The molecule has 1 atom stereocenters. The van der Waals surface area contributed by atoms with Crippen LogP contribution < -0.4 is 10.1 Å². The number of nitrogens with one attached hydrogen (secondary N) is 1. The summed E-state index contributed by atoms with van der Waals surface area (Å²) < 4.78 is 5.19. The molecular formula is C23H29ClN2O3S. The molecule has 0 unspecified atom stereocenters. The van der Waals surface area contributed by atoms with Crippen LogP contribution in [0.2, 0.25) is 5.02 Å². The van der Waals surface area contributed by atoms with E-state index in [0.717, 1.165) is 28.4 Å². The van der Waals surface area contributed by atoms with Crippen molar-refractivity contribution in [1.29, 1.82) is 0 Å². The number of hydrogen-bond donors (Lipinski definition) is 1. The summed E-state index contributed by atoms with van der Waals surface area (Å²) >= 11 is 7.60. The smallest absolute Gasteiger partial charge is 0.242 e. The summed E-state index contributed by atoms with van der Waals surface area (Å²) in [7, 11) is 1.62. The number of hydrogen-bond acceptors (Lipinski definition) is 4. The Labute approximate surface area is 188 Å². The highest BCUT2D eigenvalue weighted by atomic mass is 35.5. The molecule has 0 aromatic heterocycles. The SMILES string of the molecule is CCNC(=O)[C@H](C)N(Cc1ccc(OC)cc1)C(=O)CCCSc1ccc(Cl)cc1. The molecule has 30 heavy (non-hydrogen) atoms. The Morgan fingerprint density at radius 1 is 1.13 bits per heavy atom. The number of likely N-dealkylation sites (N-methyl/N-ethyl adjacent to an activating group) is 1. The van der Waals surface area contributed by atoms with E-state index in [1.54, 1.807) is 30.7 Å². The van der Waals surface area contributed by atoms with Crippen molar-refractivity contribution in [2.45, 2.75) is 44.2 Å². The highest BCUT2D eigenvalue weighted by Crippen LogP contribution is 2.22. The first-order valence-electron chi connectivity index (χ1n) is 10.0. The Kier molecular flexibility index (Phi) is 10.0. The molecule has 0 aliphatic rings. The third-order valence-corrected chi connectivity index (χ3v) is 6.00. The van der Waals surface area contributed by atoms with Crippen LogP contribution in [-0.4, -0.2) is 42.2 Å². The van der Waals surface area contributed by atoms with E-state index in [1.165, 1.54) is 0 Å². The minimum atomic E-state index is -0.538. The maximum absolute atomic E-state index is 13.0. The molecule has 0 saturated carbocycles. The first kappa shape index (κ1) is 24.1. The van der Waals surface area contributed by atoms with E-state index >= 15 is 0 Å². The van der Waals surface area contributed by atoms with Crippen molar-refractivity contribution in [2.75, 3.05) is 19.4 Å². The number of benzene rings is 2. The van der Waals surface area contributed by atoms with Crippen LogP contribution in [0.15, 0.2) is 53.4 Å². The second-order valence-electron chi connectivity index (χ2n) is 6.85. The fraction of sp³-hybridized carbons (Fsp3) is 0.391. The monoisotopic (exact) mass is 448 g/mol. The quantitative estimate of drug-likeness (QED) is 0.397. The van der Waals surface area contributed by atoms with Crippen LogP contribution in [0.5, 0.6) is 5.75 Å². The number of carbonyl (C=O) groups is 2. The molecule has 2 rings (SSSR count). The highest BCUT2D eigenvalue weighted by Gasteiger charge is 2.25. The predicted molar refractivity (Wildman–Crippen MR) is 123 cm³/mol. The van der Waals surface area contributed by atoms with Crippen molar-refractivity contribution in [3.63, 3.8) is 0 Å². The van der Waals surface area contributed by atoms with Crippen LogP contribution in [0.4, 0.5) is 0 Å². The van der Waals surface area contributed by atoms with Crippen molar-refractivity contribution in [3.8, 4) is 5.75 Å². The fourth-order valence-electron chi connectivity index (χ4n) is 2.92. The largest absolute Gasteiger partial charge is 0.497 e. The zero-order valence-corrected chi connectivity index (χ0v) is 19.3. The lowest BCUT2D eigenvalue weighted by Gasteiger charge is -2.29. The first-order valence-corrected chi connectivity index (χ1v) is 11.4. The summed E-state index contributed by atoms with van der Waals surface area (Å²) in [4.78, 5) is 28.1. The lowest BCUT2D eigenvalue weighted by molar-refractivity contribution is -0.140. The zero-order valence-electron chi connectivity index (χ0n) is 17.7. The second kappa shape index (κ2) is 12.5. The van der Waals surface area contributed by atoms with Gasteiger partial charge in [-0.2, -0.15) is 0 Å². The van der Waals surface area contributed by atoms with Gasteiger partial charge in [-0.15, -0.1) is 11.8 Å². The van der Waals surface area contributed by atoms with Crippen LogP contribution >= 0.6 is 23.4 Å². The number of methoxy groups -OCH3 is 1. The maximum Gasteiger partial charge on any atom is 0.242 e. The molecule has 0 bridgehead atoms. The molecule has 2 amide bonds. The Hall–Kier alpha value is -2.18. The minimum absolute atomic E-state index is 0.0266. The Bertz CT molecular complexity index is 812. The van der Waals surface area contributed by atoms with Crippen LogP contribution in [-0.2, 0) is 16.1 Å². The first-order chi connectivity index (χ1) is 14.4. The molecule has 0 spiro atoms. The zero-order chi connectivity index (χ0) is 21.9. The van der Waals surface area contributed by atoms with Crippen molar-refractivity contribution in [1.82, 2.24) is 10.2 Å². The fourth-order valence-corrected chi connectivity index (χ4v) is 3.90. The Morgan fingerprint density at radius 2 is 1.80 bits per heavy atom. The number of nitrogens with zero attached hydrogens (tertiary/aromatic N) is 1. The van der Waals surface area contributed by atoms with Gasteiger partial charge in [0.2, 0.25) is 11.8 Å². The van der Waals surface area contributed by atoms with Gasteiger partial charge in [0.25, 0.3) is 0 Å². The third-order valence-electron chi connectivity index (χ3n) is 4.65. The van der Waals surface area contributed by atoms with Gasteiger partial charge in [0.15, 0.2) is 0 Å². The van der Waals surface area contributed by atoms with Crippen molar-refractivity contribution in [2.24, 2.45) is 0 Å². The van der Waals surface area contributed by atoms with Gasteiger partial charge < -0.3 is 15.0 Å². The molecule has 7 heteroatoms. The molecule has 0 fully saturated rings. The summed E-state index contributed by atoms with van der Waals surface area (Å²) in [6.07, 6.45) is 1.12. The summed E-state index contributed by atoms with van der Waals surface area (Å²) in [5.41, 5.74) is 0.954. The minimum Gasteiger partial charge on any atom is -0.497 e. The topological polar surface area (TPSA) is 58.6 Å². The molecule has 0 aliphatic heterocycles. The number of halogens is 1. The van der Waals surface area contributed by atoms with E-state index in [4.69, 9.17) is 16.3 Å². The van der Waals surface area contributed by atoms with Crippen molar-refractivity contribution < 1.29 is 14.3 Å². The van der Waals surface area contributed by atoms with Crippen LogP contribution in [0.1, 0.15) is 32.3 Å². The summed E-state index contributed by atoms with van der Waals surface area (Å²) in [6.45, 7) is 4.56. The van der Waals surface area contributed by atoms with Gasteiger partial charge >= 0.3 is 0 Å². The molecule has 0 aliphatic carbocycles. The van der Waals surface area contributed by atoms with E-state index < -0.39 is 6.04 Å². The van der Waals surface area contributed by atoms with Crippen LogP contribution in [0.3, 0.4) is 0 Å². The van der Waals surface area contributed by atoms with Gasteiger partial charge in [-0.25, -0.2) is 0 Å². The predicted octanol–water partition coefficient (Wildman–Crippen LogP) is 4.77. The van der Waals surface area contributed by atoms with E-state index in [-0.39, 0.29) is 11.8 Å². The number of rotatable bonds is 11. The summed E-state index contributed by atoms with van der Waals surface area (Å²) in [6, 6.07) is 14.7. The van der Waals surface area contributed by atoms with E-state index in [1.807, 2.05) is 55.5 Å². The van der Waals surface area contributed by atoms with E-state index in [0.29, 0.717) is 24.5 Å². The molecule has 162 valence electrons. The standard InChI is InChI=1S/C23H29ClN2O3S/c1-4-25-23(28)17(2)26(16-18-7-11-20(29-3)12-8-18)22(27)6-5-15-30-21-13-9-19(24)10-14-21/h7-14,17H,4-6,15-16H2,1-3H3,(H,25,28)/t17-/m0/s1. The van der Waals surface area contributed by atoms with Gasteiger partial charge in [0.05, 0.1) is 7.11 Å². The van der Waals surface area contributed by atoms with Gasteiger partial charge in [-0.3, -0.25) is 9.59 Å². The Morgan fingerprint density at radius 3 is 2.40 bits per heavy atom. The van der Waals surface area contributed by atoms with Crippen molar-refractivity contribution in [3.05, 3.63) is 59.1 Å². The highest BCUT2D eigenvalue weighted by molar-refractivity contribution is 7.99. The molecule has 0 heterocycles. The van der Waals surface area contributed by atoms with Crippen molar-refractivity contribution >= 4 is 35.2 Å². The number of thioether (sulfide) groups is 1. The van der Waals surface area contributed by atoms with Gasteiger partial charge in [-0.1, -0.05) is 23.7 Å². The average molecular weight is 449 g/mol. The Balaban J connectivity index is 1.97. The maximum atomic E-state index is 13.0. The van der Waals surface area contributed by atoms with Crippen LogP contribution in [0, 0.1) is 0 Å². The lowest BCUT2D eigenvalue weighted by Crippen LogP contribution is -2.47. The number of amides is 2. The molecule has 2 aromatic carbocycles. The summed E-state index contributed by atoms with van der Waals surface area (Å²) in [5.74, 6) is 1.41. The lowest BCUT2D eigenvalue weighted by atomic mass is 10.1. The molecular weight excluding hydrogens is 420 g/mol. The van der Waals surface area contributed by atoms with Gasteiger partial charge in [-0.05, 0) is 68.0 Å². The third kappa shape index (κ3) is 7.58. The molecule has 1 N–H and O–H groups in total. The molecule has 0 radical (unpaired) electrons. The number of carbonyl (C=O) groups excluding carboxylic acids is 2. The normalized spacial score (nSPS) is 11.6. The second-order valence-corrected chi connectivity index (χ2v) is 8.45. The number of ether oxygens (including phenoxy) is 1. The van der Waals surface area contributed by atoms with Gasteiger partial charge in [0, 0.05) is 29.4 Å².